The van der Waals surface area contributed by atoms with Gasteiger partial charge >= 0.3 is 0 Å². The molecule has 18 heavy (non-hydrogen) atoms. The lowest BCUT2D eigenvalue weighted by atomic mass is 10.1. The van der Waals surface area contributed by atoms with Crippen molar-refractivity contribution in [2.24, 2.45) is 0 Å². The second-order valence-corrected chi connectivity index (χ2v) is 5.13. The van der Waals surface area contributed by atoms with Crippen molar-refractivity contribution in [2.75, 3.05) is 13.1 Å². The molecular weight excluding hydrogens is 286 g/mol. The van der Waals surface area contributed by atoms with Crippen LogP contribution in [0.5, 0.6) is 0 Å². The van der Waals surface area contributed by atoms with Crippen molar-refractivity contribution in [1.82, 2.24) is 0 Å². The van der Waals surface area contributed by atoms with Crippen molar-refractivity contribution in [3.63, 3.8) is 0 Å². The molecule has 0 amide bonds. The van der Waals surface area contributed by atoms with Gasteiger partial charge in [0.25, 0.3) is 0 Å². The maximum atomic E-state index is 3.73. The summed E-state index contributed by atoms with van der Waals surface area (Å²) in [5.41, 5.74) is 0. The van der Waals surface area contributed by atoms with Gasteiger partial charge in [-0.15, -0.1) is 6.58 Å². The average molecular weight is 320 g/mol. The van der Waals surface area contributed by atoms with Gasteiger partial charge < -0.3 is 22.3 Å². The lowest BCUT2D eigenvalue weighted by Crippen LogP contribution is -3.00. The third kappa shape index (κ3) is 18.5. The Morgan fingerprint density at radius 2 is 1.28 bits per heavy atom. The van der Waals surface area contributed by atoms with Gasteiger partial charge in [0, 0.05) is 6.42 Å². The molecule has 2 N–H and O–H groups in total. The number of quaternary nitrogens is 1. The van der Waals surface area contributed by atoms with E-state index in [1.807, 2.05) is 6.08 Å². The van der Waals surface area contributed by atoms with Crippen LogP contribution < -0.4 is 22.3 Å². The second kappa shape index (κ2) is 19.5. The van der Waals surface area contributed by atoms with E-state index in [9.17, 15) is 0 Å². The summed E-state index contributed by atoms with van der Waals surface area (Å²) in [5, 5.41) is 2.42. The molecule has 0 atom stereocenters. The molecule has 0 aliphatic heterocycles. The summed E-state index contributed by atoms with van der Waals surface area (Å²) < 4.78 is 0. The Morgan fingerprint density at radius 3 is 1.78 bits per heavy atom. The van der Waals surface area contributed by atoms with E-state index >= 15 is 0 Å². The predicted molar refractivity (Wildman–Crippen MR) is 78.3 cm³/mol. The average Bonchev–Trinajstić information content (AvgIpc) is 2.35. The predicted octanol–water partition coefficient (Wildman–Crippen LogP) is 1.05. The van der Waals surface area contributed by atoms with Gasteiger partial charge in [-0.1, -0.05) is 64.4 Å². The van der Waals surface area contributed by atoms with Crippen LogP contribution in [0.25, 0.3) is 0 Å². The SMILES string of the molecule is C=CCC[NH2+]CCCCCCCCCCCC.[Br-]. The molecule has 110 valence electrons. The summed E-state index contributed by atoms with van der Waals surface area (Å²) in [6.07, 6.45) is 17.5. The first kappa shape index (κ1) is 20.5. The first-order valence-corrected chi connectivity index (χ1v) is 7.84. The lowest BCUT2D eigenvalue weighted by Gasteiger charge is -2.02. The van der Waals surface area contributed by atoms with E-state index in [1.54, 1.807) is 0 Å². The third-order valence-electron chi connectivity index (χ3n) is 3.34. The Balaban J connectivity index is 0. The van der Waals surface area contributed by atoms with E-state index in [4.69, 9.17) is 0 Å². The number of rotatable bonds is 14. The number of hydrogen-bond donors (Lipinski definition) is 1. The number of hydrogen-bond acceptors (Lipinski definition) is 0. The van der Waals surface area contributed by atoms with Crippen LogP contribution in [0.4, 0.5) is 0 Å². The summed E-state index contributed by atoms with van der Waals surface area (Å²) in [4.78, 5) is 0. The van der Waals surface area contributed by atoms with Crippen LogP contribution in [-0.4, -0.2) is 13.1 Å². The van der Waals surface area contributed by atoms with Crippen molar-refractivity contribution >= 4 is 0 Å². The second-order valence-electron chi connectivity index (χ2n) is 5.13. The molecule has 0 rings (SSSR count). The fourth-order valence-electron chi connectivity index (χ4n) is 2.16. The normalized spacial score (nSPS) is 10.1. The van der Waals surface area contributed by atoms with Crippen LogP contribution in [0.3, 0.4) is 0 Å². The van der Waals surface area contributed by atoms with Gasteiger partial charge in [-0.25, -0.2) is 0 Å². The van der Waals surface area contributed by atoms with Gasteiger partial charge in [0.15, 0.2) is 0 Å². The first-order valence-electron chi connectivity index (χ1n) is 7.84. The van der Waals surface area contributed by atoms with Crippen molar-refractivity contribution in [2.45, 2.75) is 77.6 Å². The molecule has 0 heterocycles. The number of halogens is 1. The minimum absolute atomic E-state index is 0. The molecule has 0 aliphatic rings. The van der Waals surface area contributed by atoms with Crippen molar-refractivity contribution in [3.05, 3.63) is 12.7 Å². The van der Waals surface area contributed by atoms with E-state index in [0.717, 1.165) is 6.42 Å². The van der Waals surface area contributed by atoms with Crippen LogP contribution >= 0.6 is 0 Å². The number of nitrogens with two attached hydrogens (primary N) is 1. The molecule has 1 nitrogen and oxygen atoms in total. The summed E-state index contributed by atoms with van der Waals surface area (Å²) in [7, 11) is 0. The number of unbranched alkanes of at least 4 members (excludes halogenated alkanes) is 9. The van der Waals surface area contributed by atoms with Crippen molar-refractivity contribution in [1.29, 1.82) is 0 Å². The van der Waals surface area contributed by atoms with Crippen molar-refractivity contribution in [3.8, 4) is 0 Å². The van der Waals surface area contributed by atoms with E-state index in [1.165, 1.54) is 77.3 Å². The summed E-state index contributed by atoms with van der Waals surface area (Å²) in [6, 6.07) is 0. The molecule has 0 aromatic rings. The molecule has 0 radical (unpaired) electrons. The Kier molecular flexibility index (Phi) is 22.2. The van der Waals surface area contributed by atoms with E-state index in [-0.39, 0.29) is 17.0 Å². The molecule has 0 spiro atoms. The van der Waals surface area contributed by atoms with Crippen LogP contribution in [-0.2, 0) is 0 Å². The fraction of sp³-hybridized carbons (Fsp3) is 0.875. The molecule has 2 heteroatoms. The van der Waals surface area contributed by atoms with Gasteiger partial charge in [-0.3, -0.25) is 0 Å². The van der Waals surface area contributed by atoms with E-state index < -0.39 is 0 Å². The third-order valence-corrected chi connectivity index (χ3v) is 3.34. The van der Waals surface area contributed by atoms with Gasteiger partial charge in [0.1, 0.15) is 0 Å². The maximum absolute atomic E-state index is 3.73. The fourth-order valence-corrected chi connectivity index (χ4v) is 2.16. The summed E-state index contributed by atoms with van der Waals surface area (Å²) >= 11 is 0. The molecule has 0 bridgehead atoms. The van der Waals surface area contributed by atoms with Crippen LogP contribution in [0.2, 0.25) is 0 Å². The molecule has 0 aromatic carbocycles. The largest absolute Gasteiger partial charge is 1.00 e. The van der Waals surface area contributed by atoms with Gasteiger partial charge in [-0.05, 0) is 12.8 Å². The molecule has 0 aliphatic carbocycles. The maximum Gasteiger partial charge on any atom is 0.0790 e. The zero-order valence-corrected chi connectivity index (χ0v) is 14.0. The topological polar surface area (TPSA) is 16.6 Å². The highest BCUT2D eigenvalue weighted by molar-refractivity contribution is 4.63. The quantitative estimate of drug-likeness (QED) is 0.364. The highest BCUT2D eigenvalue weighted by Gasteiger charge is 1.93. The zero-order chi connectivity index (χ0) is 12.6. The van der Waals surface area contributed by atoms with Crippen LogP contribution in [0.15, 0.2) is 12.7 Å². The Hall–Kier alpha value is 0.180. The summed E-state index contributed by atoms with van der Waals surface area (Å²) in [6.45, 7) is 8.55. The highest BCUT2D eigenvalue weighted by atomic mass is 79.9. The molecular formula is C16H34BrN. The van der Waals surface area contributed by atoms with E-state index in [2.05, 4.69) is 18.8 Å². The standard InChI is InChI=1S/C16H33N.BrH/c1-3-5-7-8-9-10-11-12-13-14-16-17-15-6-4-2;/h4,17H,2-3,5-16H2,1H3;1H. The zero-order valence-electron chi connectivity index (χ0n) is 12.4. The smallest absolute Gasteiger partial charge is 0.0790 e. The summed E-state index contributed by atoms with van der Waals surface area (Å²) in [5.74, 6) is 0. The molecule has 0 fully saturated rings. The molecule has 0 unspecified atom stereocenters. The highest BCUT2D eigenvalue weighted by Crippen LogP contribution is 2.09. The van der Waals surface area contributed by atoms with Crippen molar-refractivity contribution < 1.29 is 22.3 Å². The van der Waals surface area contributed by atoms with Crippen LogP contribution in [0.1, 0.15) is 77.6 Å². The minimum Gasteiger partial charge on any atom is -1.00 e. The van der Waals surface area contributed by atoms with Gasteiger partial charge in [0.05, 0.1) is 13.1 Å². The lowest BCUT2D eigenvalue weighted by molar-refractivity contribution is -0.654. The van der Waals surface area contributed by atoms with Gasteiger partial charge in [0.2, 0.25) is 0 Å². The first-order chi connectivity index (χ1) is 8.41. The van der Waals surface area contributed by atoms with Gasteiger partial charge in [-0.2, -0.15) is 0 Å². The Morgan fingerprint density at radius 1 is 0.778 bits per heavy atom. The molecule has 0 saturated carbocycles. The Bertz CT molecular complexity index is 148. The molecule has 0 aromatic heterocycles. The van der Waals surface area contributed by atoms with E-state index in [0.29, 0.717) is 0 Å². The molecule has 0 saturated heterocycles. The van der Waals surface area contributed by atoms with Crippen LogP contribution in [0, 0.1) is 0 Å². The minimum atomic E-state index is 0. The monoisotopic (exact) mass is 319 g/mol. The Labute approximate surface area is 126 Å².